The van der Waals surface area contributed by atoms with E-state index in [2.05, 4.69) is 20.4 Å². The molecule has 2 aromatic heterocycles. The lowest BCUT2D eigenvalue weighted by molar-refractivity contribution is 0.789. The summed E-state index contributed by atoms with van der Waals surface area (Å²) in [6.45, 7) is 2.00. The van der Waals surface area contributed by atoms with Crippen molar-refractivity contribution in [2.45, 2.75) is 6.92 Å². The molecule has 7 nitrogen and oxygen atoms in total. The quantitative estimate of drug-likeness (QED) is 0.610. The van der Waals surface area contributed by atoms with Gasteiger partial charge in [0.2, 0.25) is 5.95 Å². The van der Waals surface area contributed by atoms with Gasteiger partial charge in [0.05, 0.1) is 5.39 Å². The zero-order valence-electron chi connectivity index (χ0n) is 11.3. The summed E-state index contributed by atoms with van der Waals surface area (Å²) in [7, 11) is 1.81. The van der Waals surface area contributed by atoms with Crippen molar-refractivity contribution in [2.75, 3.05) is 16.8 Å². The lowest BCUT2D eigenvalue weighted by Gasteiger charge is -2.08. The average molecular weight is 269 g/mol. The molecule has 0 aliphatic rings. The number of rotatable bonds is 2. The van der Waals surface area contributed by atoms with Crippen LogP contribution in [-0.4, -0.2) is 19.7 Å². The van der Waals surface area contributed by atoms with Crippen molar-refractivity contribution < 1.29 is 0 Å². The molecule has 0 aliphatic carbocycles. The van der Waals surface area contributed by atoms with Gasteiger partial charge in [-0.15, -0.1) is 0 Å². The zero-order chi connectivity index (χ0) is 14.3. The Kier molecular flexibility index (Phi) is 2.67. The maximum atomic E-state index is 5.81. The van der Waals surface area contributed by atoms with Crippen LogP contribution in [0.4, 0.5) is 23.1 Å². The molecule has 0 aliphatic heterocycles. The number of anilines is 4. The number of nitrogens with two attached hydrogens (primary N) is 2. The number of hydrogen-bond acceptors (Lipinski definition) is 6. The van der Waals surface area contributed by atoms with Crippen molar-refractivity contribution in [1.82, 2.24) is 19.7 Å². The normalized spacial score (nSPS) is 10.9. The minimum absolute atomic E-state index is 0.229. The molecule has 0 amide bonds. The fourth-order valence-corrected chi connectivity index (χ4v) is 2.05. The first-order valence-electron chi connectivity index (χ1n) is 6.13. The summed E-state index contributed by atoms with van der Waals surface area (Å²) in [5, 5.41) is 8.48. The van der Waals surface area contributed by atoms with Gasteiger partial charge in [0.25, 0.3) is 0 Å². The fourth-order valence-electron chi connectivity index (χ4n) is 2.05. The van der Waals surface area contributed by atoms with Gasteiger partial charge in [-0.1, -0.05) is 6.07 Å². The van der Waals surface area contributed by atoms with E-state index in [-0.39, 0.29) is 5.95 Å². The van der Waals surface area contributed by atoms with E-state index in [1.165, 1.54) is 0 Å². The Hall–Kier alpha value is -2.83. The number of aromatic nitrogens is 4. The first-order valence-corrected chi connectivity index (χ1v) is 6.13. The Labute approximate surface area is 115 Å². The lowest BCUT2D eigenvalue weighted by atomic mass is 10.2. The van der Waals surface area contributed by atoms with E-state index < -0.39 is 0 Å². The number of nitrogens with zero attached hydrogens (tertiary/aromatic N) is 4. The van der Waals surface area contributed by atoms with E-state index in [9.17, 15) is 0 Å². The maximum Gasteiger partial charge on any atom is 0.222 e. The van der Waals surface area contributed by atoms with Crippen molar-refractivity contribution >= 4 is 34.2 Å². The van der Waals surface area contributed by atoms with Crippen LogP contribution in [0.15, 0.2) is 24.4 Å². The summed E-state index contributed by atoms with van der Waals surface area (Å²) in [6.07, 6.45) is 1.66. The zero-order valence-corrected chi connectivity index (χ0v) is 11.3. The van der Waals surface area contributed by atoms with E-state index in [0.29, 0.717) is 17.2 Å². The van der Waals surface area contributed by atoms with Crippen molar-refractivity contribution in [3.05, 3.63) is 30.0 Å². The number of nitrogen functional groups attached to an aromatic ring is 2. The summed E-state index contributed by atoms with van der Waals surface area (Å²) in [4.78, 5) is 8.19. The third kappa shape index (κ3) is 1.99. The molecular formula is C13H15N7. The molecule has 20 heavy (non-hydrogen) atoms. The monoisotopic (exact) mass is 269 g/mol. The van der Waals surface area contributed by atoms with E-state index >= 15 is 0 Å². The molecule has 0 bridgehead atoms. The van der Waals surface area contributed by atoms with Gasteiger partial charge in [-0.3, -0.25) is 0 Å². The molecule has 3 rings (SSSR count). The fraction of sp³-hybridized carbons (Fsp3) is 0.154. The topological polar surface area (TPSA) is 108 Å². The number of nitrogens with one attached hydrogen (secondary N) is 1. The van der Waals surface area contributed by atoms with Gasteiger partial charge in [0.1, 0.15) is 0 Å². The predicted octanol–water partition coefficient (Wildman–Crippen LogP) is 1.58. The minimum atomic E-state index is 0.229. The van der Waals surface area contributed by atoms with Gasteiger partial charge >= 0.3 is 0 Å². The second-order valence-electron chi connectivity index (χ2n) is 4.64. The summed E-state index contributed by atoms with van der Waals surface area (Å²) in [5.41, 5.74) is 14.8. The summed E-state index contributed by atoms with van der Waals surface area (Å²) in [6, 6.07) is 5.69. The van der Waals surface area contributed by atoms with Gasteiger partial charge in [-0.05, 0) is 24.6 Å². The first-order chi connectivity index (χ1) is 9.54. The molecule has 0 atom stereocenters. The molecule has 2 heterocycles. The maximum absolute atomic E-state index is 5.81. The molecule has 0 saturated heterocycles. The van der Waals surface area contributed by atoms with Crippen molar-refractivity contribution in [3.8, 4) is 0 Å². The van der Waals surface area contributed by atoms with Crippen LogP contribution in [-0.2, 0) is 7.05 Å². The molecule has 0 fully saturated rings. The standard InChI is InChI=1S/C13H15N7/c1-7-3-4-8(14)5-10(7)17-11-9-6-16-13(15)18-12(9)20(2)19-11/h3-6H,14H2,1-2H3,(H,17,19)(H2,15,16,18). The van der Waals surface area contributed by atoms with Gasteiger partial charge in [0.15, 0.2) is 11.5 Å². The van der Waals surface area contributed by atoms with E-state index in [1.54, 1.807) is 10.9 Å². The van der Waals surface area contributed by atoms with E-state index in [0.717, 1.165) is 16.6 Å². The van der Waals surface area contributed by atoms with Crippen LogP contribution in [0, 0.1) is 6.92 Å². The average Bonchev–Trinajstić information content (AvgIpc) is 2.70. The van der Waals surface area contributed by atoms with E-state index in [1.807, 2.05) is 32.2 Å². The molecule has 0 saturated carbocycles. The molecule has 0 spiro atoms. The molecule has 1 aromatic carbocycles. The van der Waals surface area contributed by atoms with Gasteiger partial charge in [-0.25, -0.2) is 9.67 Å². The lowest BCUT2D eigenvalue weighted by Crippen LogP contribution is -1.97. The summed E-state index contributed by atoms with van der Waals surface area (Å²) < 4.78 is 1.66. The molecular weight excluding hydrogens is 254 g/mol. The Morgan fingerprint density at radius 2 is 2.05 bits per heavy atom. The highest BCUT2D eigenvalue weighted by molar-refractivity contribution is 5.89. The highest BCUT2D eigenvalue weighted by atomic mass is 15.3. The molecule has 0 unspecified atom stereocenters. The van der Waals surface area contributed by atoms with Crippen LogP contribution < -0.4 is 16.8 Å². The van der Waals surface area contributed by atoms with Crippen LogP contribution in [0.3, 0.4) is 0 Å². The second-order valence-corrected chi connectivity index (χ2v) is 4.64. The van der Waals surface area contributed by atoms with Crippen molar-refractivity contribution in [2.24, 2.45) is 7.05 Å². The number of aryl methyl sites for hydroxylation is 2. The van der Waals surface area contributed by atoms with Gasteiger partial charge < -0.3 is 16.8 Å². The van der Waals surface area contributed by atoms with Crippen molar-refractivity contribution in [1.29, 1.82) is 0 Å². The largest absolute Gasteiger partial charge is 0.399 e. The Balaban J connectivity index is 2.09. The molecule has 7 heteroatoms. The molecule has 5 N–H and O–H groups in total. The molecule has 0 radical (unpaired) electrons. The smallest absolute Gasteiger partial charge is 0.222 e. The van der Waals surface area contributed by atoms with Crippen molar-refractivity contribution in [3.63, 3.8) is 0 Å². The third-order valence-electron chi connectivity index (χ3n) is 3.11. The van der Waals surface area contributed by atoms with Gasteiger partial charge in [0, 0.05) is 24.6 Å². The Morgan fingerprint density at radius 1 is 1.25 bits per heavy atom. The minimum Gasteiger partial charge on any atom is -0.399 e. The first kappa shape index (κ1) is 12.2. The third-order valence-corrected chi connectivity index (χ3v) is 3.11. The summed E-state index contributed by atoms with van der Waals surface area (Å²) >= 11 is 0. The van der Waals surface area contributed by atoms with Crippen LogP contribution >= 0.6 is 0 Å². The second kappa shape index (κ2) is 4.37. The Morgan fingerprint density at radius 3 is 2.85 bits per heavy atom. The number of benzene rings is 1. The highest BCUT2D eigenvalue weighted by Gasteiger charge is 2.12. The van der Waals surface area contributed by atoms with E-state index in [4.69, 9.17) is 11.5 Å². The van der Waals surface area contributed by atoms with Gasteiger partial charge in [-0.2, -0.15) is 10.1 Å². The summed E-state index contributed by atoms with van der Waals surface area (Å²) in [5.74, 6) is 0.906. The Bertz CT molecular complexity index is 791. The molecule has 3 aromatic rings. The van der Waals surface area contributed by atoms with Crippen LogP contribution in [0.1, 0.15) is 5.56 Å². The van der Waals surface area contributed by atoms with Crippen LogP contribution in [0.2, 0.25) is 0 Å². The number of hydrogen-bond donors (Lipinski definition) is 3. The highest BCUT2D eigenvalue weighted by Crippen LogP contribution is 2.27. The SMILES string of the molecule is Cc1ccc(N)cc1Nc1nn(C)c2nc(N)ncc12. The van der Waals surface area contributed by atoms with Crippen LogP contribution in [0.25, 0.3) is 11.0 Å². The molecule has 102 valence electrons. The number of fused-ring (bicyclic) bond motifs is 1. The van der Waals surface area contributed by atoms with Crippen LogP contribution in [0.5, 0.6) is 0 Å². The predicted molar refractivity (Wildman–Crippen MR) is 79.6 cm³/mol.